The second-order valence-corrected chi connectivity index (χ2v) is 5.63. The number of rotatable bonds is 4. The molecule has 0 unspecified atom stereocenters. The second-order valence-electron chi connectivity index (χ2n) is 5.63. The third-order valence-corrected chi connectivity index (χ3v) is 3.83. The molecular weight excluding hydrogens is 274 g/mol. The van der Waals surface area contributed by atoms with E-state index in [9.17, 15) is 0 Å². The molecule has 1 aromatic heterocycles. The van der Waals surface area contributed by atoms with E-state index in [1.54, 1.807) is 12.1 Å². The van der Waals surface area contributed by atoms with Crippen LogP contribution in [0.4, 0.5) is 17.3 Å². The van der Waals surface area contributed by atoms with Crippen LogP contribution in [0, 0.1) is 18.3 Å². The molecule has 1 aromatic carbocycles. The fourth-order valence-corrected chi connectivity index (χ4v) is 2.76. The SMILES string of the molecule is Cc1nc(Nc2ccc(C#N)cc2)cc(NC2CCCC2)n1. The summed E-state index contributed by atoms with van der Waals surface area (Å²) >= 11 is 0. The van der Waals surface area contributed by atoms with E-state index in [1.165, 1.54) is 25.7 Å². The highest BCUT2D eigenvalue weighted by atomic mass is 15.1. The Morgan fingerprint density at radius 1 is 1.09 bits per heavy atom. The van der Waals surface area contributed by atoms with Gasteiger partial charge in [-0.15, -0.1) is 0 Å². The van der Waals surface area contributed by atoms with Crippen molar-refractivity contribution in [1.29, 1.82) is 5.26 Å². The molecule has 2 aromatic rings. The molecule has 0 radical (unpaired) electrons. The van der Waals surface area contributed by atoms with Crippen LogP contribution in [0.15, 0.2) is 30.3 Å². The first-order valence-corrected chi connectivity index (χ1v) is 7.62. The van der Waals surface area contributed by atoms with Crippen LogP contribution in [0.1, 0.15) is 37.1 Å². The van der Waals surface area contributed by atoms with Gasteiger partial charge in [0.1, 0.15) is 17.5 Å². The molecule has 0 spiro atoms. The molecule has 2 N–H and O–H groups in total. The Hall–Kier alpha value is -2.61. The lowest BCUT2D eigenvalue weighted by Crippen LogP contribution is -2.16. The summed E-state index contributed by atoms with van der Waals surface area (Å²) in [6, 6.07) is 11.9. The summed E-state index contributed by atoms with van der Waals surface area (Å²) in [6.07, 6.45) is 5.00. The number of hydrogen-bond acceptors (Lipinski definition) is 5. The molecule has 0 aliphatic heterocycles. The molecule has 1 saturated carbocycles. The summed E-state index contributed by atoms with van der Waals surface area (Å²) in [5.41, 5.74) is 1.55. The van der Waals surface area contributed by atoms with E-state index < -0.39 is 0 Å². The van der Waals surface area contributed by atoms with Gasteiger partial charge in [-0.05, 0) is 44.0 Å². The quantitative estimate of drug-likeness (QED) is 0.898. The van der Waals surface area contributed by atoms with Crippen molar-refractivity contribution in [3.8, 4) is 6.07 Å². The van der Waals surface area contributed by atoms with E-state index >= 15 is 0 Å². The minimum absolute atomic E-state index is 0.525. The lowest BCUT2D eigenvalue weighted by Gasteiger charge is -2.14. The maximum Gasteiger partial charge on any atom is 0.136 e. The van der Waals surface area contributed by atoms with Crippen LogP contribution in [0.25, 0.3) is 0 Å². The van der Waals surface area contributed by atoms with E-state index in [-0.39, 0.29) is 0 Å². The Morgan fingerprint density at radius 3 is 2.45 bits per heavy atom. The van der Waals surface area contributed by atoms with E-state index in [0.717, 1.165) is 23.1 Å². The first-order chi connectivity index (χ1) is 10.7. The van der Waals surface area contributed by atoms with Crippen molar-refractivity contribution < 1.29 is 0 Å². The van der Waals surface area contributed by atoms with Gasteiger partial charge in [-0.3, -0.25) is 0 Å². The van der Waals surface area contributed by atoms with Crippen LogP contribution in [-0.4, -0.2) is 16.0 Å². The highest BCUT2D eigenvalue weighted by Gasteiger charge is 2.15. The second kappa shape index (κ2) is 6.44. The maximum atomic E-state index is 8.83. The van der Waals surface area contributed by atoms with Gasteiger partial charge in [0.15, 0.2) is 0 Å². The van der Waals surface area contributed by atoms with Crippen molar-refractivity contribution in [1.82, 2.24) is 9.97 Å². The number of nitrogens with zero attached hydrogens (tertiary/aromatic N) is 3. The van der Waals surface area contributed by atoms with Gasteiger partial charge in [0, 0.05) is 17.8 Å². The molecule has 1 aliphatic carbocycles. The predicted octanol–water partition coefficient (Wildman–Crippen LogP) is 3.75. The molecular formula is C17H19N5. The number of nitrogens with one attached hydrogen (secondary N) is 2. The maximum absolute atomic E-state index is 8.83. The van der Waals surface area contributed by atoms with Crippen LogP contribution in [0.3, 0.4) is 0 Å². The summed E-state index contributed by atoms with van der Waals surface area (Å²) in [6.45, 7) is 1.89. The molecule has 1 heterocycles. The smallest absolute Gasteiger partial charge is 0.136 e. The third kappa shape index (κ3) is 3.53. The van der Waals surface area contributed by atoms with E-state index in [0.29, 0.717) is 11.6 Å². The summed E-state index contributed by atoms with van der Waals surface area (Å²) in [5, 5.41) is 15.6. The van der Waals surface area contributed by atoms with Crippen molar-refractivity contribution in [3.63, 3.8) is 0 Å². The average molecular weight is 293 g/mol. The molecule has 0 amide bonds. The van der Waals surface area contributed by atoms with Crippen molar-refractivity contribution >= 4 is 17.3 Å². The topological polar surface area (TPSA) is 73.6 Å². The van der Waals surface area contributed by atoms with Crippen LogP contribution in [0.2, 0.25) is 0 Å². The van der Waals surface area contributed by atoms with Gasteiger partial charge in [-0.1, -0.05) is 12.8 Å². The minimum atomic E-state index is 0.525. The standard InChI is InChI=1S/C17H19N5/c1-12-19-16(21-14-4-2-3-5-14)10-17(20-12)22-15-8-6-13(11-18)7-9-15/h6-10,14H,2-5H2,1H3,(H2,19,20,21,22). The predicted molar refractivity (Wildman–Crippen MR) is 87.1 cm³/mol. The number of benzene rings is 1. The fraction of sp³-hybridized carbons (Fsp3) is 0.353. The zero-order chi connectivity index (χ0) is 15.4. The molecule has 5 nitrogen and oxygen atoms in total. The van der Waals surface area contributed by atoms with Crippen molar-refractivity contribution in [2.75, 3.05) is 10.6 Å². The van der Waals surface area contributed by atoms with Gasteiger partial charge in [0.2, 0.25) is 0 Å². The van der Waals surface area contributed by atoms with Crippen LogP contribution < -0.4 is 10.6 Å². The van der Waals surface area contributed by atoms with Gasteiger partial charge in [-0.25, -0.2) is 9.97 Å². The normalized spacial score (nSPS) is 14.5. The molecule has 0 saturated heterocycles. The molecule has 112 valence electrons. The van der Waals surface area contributed by atoms with Crippen LogP contribution >= 0.6 is 0 Å². The number of hydrogen-bond donors (Lipinski definition) is 2. The van der Waals surface area contributed by atoms with Gasteiger partial charge in [0.25, 0.3) is 0 Å². The third-order valence-electron chi connectivity index (χ3n) is 3.83. The minimum Gasteiger partial charge on any atom is -0.367 e. The Labute approximate surface area is 130 Å². The monoisotopic (exact) mass is 293 g/mol. The van der Waals surface area contributed by atoms with Crippen LogP contribution in [-0.2, 0) is 0 Å². The average Bonchev–Trinajstić information content (AvgIpc) is 3.00. The summed E-state index contributed by atoms with van der Waals surface area (Å²) < 4.78 is 0. The Kier molecular flexibility index (Phi) is 4.19. The first-order valence-electron chi connectivity index (χ1n) is 7.62. The zero-order valence-electron chi connectivity index (χ0n) is 12.6. The largest absolute Gasteiger partial charge is 0.367 e. The number of nitriles is 1. The fourth-order valence-electron chi connectivity index (χ4n) is 2.76. The number of anilines is 3. The van der Waals surface area contributed by atoms with Crippen LogP contribution in [0.5, 0.6) is 0 Å². The lowest BCUT2D eigenvalue weighted by molar-refractivity contribution is 0.748. The molecule has 22 heavy (non-hydrogen) atoms. The van der Waals surface area contributed by atoms with Gasteiger partial charge >= 0.3 is 0 Å². The molecule has 5 heteroatoms. The van der Waals surface area contributed by atoms with E-state index in [1.807, 2.05) is 25.1 Å². The number of aryl methyl sites for hydroxylation is 1. The molecule has 0 bridgehead atoms. The number of aromatic nitrogens is 2. The Balaban J connectivity index is 1.74. The van der Waals surface area contributed by atoms with E-state index in [2.05, 4.69) is 26.7 Å². The van der Waals surface area contributed by atoms with Gasteiger partial charge in [-0.2, -0.15) is 5.26 Å². The summed E-state index contributed by atoms with van der Waals surface area (Å²) in [5.74, 6) is 2.37. The van der Waals surface area contributed by atoms with Crippen molar-refractivity contribution in [2.45, 2.75) is 38.6 Å². The van der Waals surface area contributed by atoms with Crippen molar-refractivity contribution in [2.24, 2.45) is 0 Å². The zero-order valence-corrected chi connectivity index (χ0v) is 12.6. The molecule has 3 rings (SSSR count). The van der Waals surface area contributed by atoms with E-state index in [4.69, 9.17) is 5.26 Å². The molecule has 0 atom stereocenters. The van der Waals surface area contributed by atoms with Crippen molar-refractivity contribution in [3.05, 3.63) is 41.7 Å². The highest BCUT2D eigenvalue weighted by Crippen LogP contribution is 2.23. The lowest BCUT2D eigenvalue weighted by atomic mass is 10.2. The molecule has 1 aliphatic rings. The Morgan fingerprint density at radius 2 is 1.77 bits per heavy atom. The Bertz CT molecular complexity index is 681. The first kappa shape index (κ1) is 14.3. The highest BCUT2D eigenvalue weighted by molar-refractivity contribution is 5.60. The summed E-state index contributed by atoms with van der Waals surface area (Å²) in [7, 11) is 0. The summed E-state index contributed by atoms with van der Waals surface area (Å²) in [4.78, 5) is 8.88. The van der Waals surface area contributed by atoms with Gasteiger partial charge in [0.05, 0.1) is 11.6 Å². The molecule has 1 fully saturated rings. The van der Waals surface area contributed by atoms with Gasteiger partial charge < -0.3 is 10.6 Å².